The zero-order valence-corrected chi connectivity index (χ0v) is 18.8. The fourth-order valence-electron chi connectivity index (χ4n) is 3.51. The number of fused-ring (bicyclic) bond motifs is 1. The predicted molar refractivity (Wildman–Crippen MR) is 127 cm³/mol. The van der Waals surface area contributed by atoms with Crippen LogP contribution in [0, 0.1) is 13.8 Å². The van der Waals surface area contributed by atoms with Crippen molar-refractivity contribution >= 4 is 23.3 Å². The summed E-state index contributed by atoms with van der Waals surface area (Å²) in [6, 6.07) is 15.3. The van der Waals surface area contributed by atoms with E-state index in [1.807, 2.05) is 43.3 Å². The molecule has 0 fully saturated rings. The summed E-state index contributed by atoms with van der Waals surface area (Å²) < 4.78 is 6.56. The van der Waals surface area contributed by atoms with Gasteiger partial charge in [-0.3, -0.25) is 14.7 Å². The molecule has 0 atom stereocenters. The van der Waals surface area contributed by atoms with E-state index in [0.29, 0.717) is 35.2 Å². The molecule has 0 aliphatic rings. The lowest BCUT2D eigenvalue weighted by Gasteiger charge is -2.10. The molecular formula is C24H26N6O3. The third-order valence-corrected chi connectivity index (χ3v) is 5.36. The predicted octanol–water partition coefficient (Wildman–Crippen LogP) is 3.23. The molecule has 1 amide bonds. The van der Waals surface area contributed by atoms with Crippen LogP contribution < -0.4 is 20.9 Å². The second kappa shape index (κ2) is 9.56. The fourth-order valence-corrected chi connectivity index (χ4v) is 3.51. The first-order valence-corrected chi connectivity index (χ1v) is 10.6. The van der Waals surface area contributed by atoms with Crippen molar-refractivity contribution in [2.45, 2.75) is 33.2 Å². The molecule has 2 aromatic carbocycles. The molecule has 4 rings (SSSR count). The quantitative estimate of drug-likeness (QED) is 0.383. The third-order valence-electron chi connectivity index (χ3n) is 5.36. The Morgan fingerprint density at radius 1 is 1.09 bits per heavy atom. The molecule has 170 valence electrons. The van der Waals surface area contributed by atoms with Gasteiger partial charge in [-0.2, -0.15) is 9.50 Å². The second-order valence-corrected chi connectivity index (χ2v) is 7.78. The van der Waals surface area contributed by atoms with Crippen LogP contribution in [0.3, 0.4) is 0 Å². The number of para-hydroxylation sites is 2. The molecule has 2 heterocycles. The first kappa shape index (κ1) is 22.1. The summed E-state index contributed by atoms with van der Waals surface area (Å²) in [7, 11) is 1.55. The van der Waals surface area contributed by atoms with Crippen molar-refractivity contribution < 1.29 is 9.53 Å². The number of methoxy groups -OCH3 is 1. The van der Waals surface area contributed by atoms with Crippen LogP contribution in [0.5, 0.6) is 5.75 Å². The second-order valence-electron chi connectivity index (χ2n) is 7.78. The van der Waals surface area contributed by atoms with Crippen LogP contribution in [0.25, 0.3) is 5.78 Å². The lowest BCUT2D eigenvalue weighted by Crippen LogP contribution is -2.23. The van der Waals surface area contributed by atoms with E-state index in [-0.39, 0.29) is 30.1 Å². The van der Waals surface area contributed by atoms with Gasteiger partial charge in [0.1, 0.15) is 5.75 Å². The molecule has 9 nitrogen and oxygen atoms in total. The van der Waals surface area contributed by atoms with Crippen molar-refractivity contribution in [1.29, 1.82) is 0 Å². The maximum Gasteiger partial charge on any atom is 0.277 e. The van der Waals surface area contributed by atoms with Gasteiger partial charge >= 0.3 is 0 Å². The molecule has 4 aromatic rings. The van der Waals surface area contributed by atoms with Crippen molar-refractivity contribution in [3.05, 3.63) is 81.3 Å². The van der Waals surface area contributed by atoms with Crippen LogP contribution in [-0.2, 0) is 17.8 Å². The summed E-state index contributed by atoms with van der Waals surface area (Å²) >= 11 is 0. The zero-order valence-electron chi connectivity index (χ0n) is 18.8. The average Bonchev–Trinajstić information content (AvgIpc) is 3.22. The summed E-state index contributed by atoms with van der Waals surface area (Å²) in [5.74, 6) is 1.10. The first-order valence-electron chi connectivity index (χ1n) is 10.6. The summed E-state index contributed by atoms with van der Waals surface area (Å²) in [6.45, 7) is 4.35. The van der Waals surface area contributed by atoms with Gasteiger partial charge in [0.15, 0.2) is 0 Å². The highest BCUT2D eigenvalue weighted by atomic mass is 16.5. The molecule has 0 aliphatic heterocycles. The zero-order chi connectivity index (χ0) is 23.4. The summed E-state index contributed by atoms with van der Waals surface area (Å²) in [6.07, 6.45) is 0.390. The Labute approximate surface area is 190 Å². The molecule has 9 heteroatoms. The molecule has 3 N–H and O–H groups in total. The van der Waals surface area contributed by atoms with Gasteiger partial charge in [-0.1, -0.05) is 42.0 Å². The highest BCUT2D eigenvalue weighted by Crippen LogP contribution is 2.23. The normalized spacial score (nSPS) is 10.9. The molecule has 0 unspecified atom stereocenters. The number of carbonyl (C=O) groups excluding carboxylic acids is 1. The SMILES string of the molecule is COc1ccccc1NC(=O)CCc1c(C)nc2nc(NCc3ccc(C)cc3)[nH]n2c1=O. The highest BCUT2D eigenvalue weighted by molar-refractivity contribution is 5.92. The van der Waals surface area contributed by atoms with E-state index in [1.54, 1.807) is 26.2 Å². The van der Waals surface area contributed by atoms with Gasteiger partial charge < -0.3 is 15.4 Å². The third kappa shape index (κ3) is 5.03. The van der Waals surface area contributed by atoms with Crippen LogP contribution >= 0.6 is 0 Å². The lowest BCUT2D eigenvalue weighted by atomic mass is 10.1. The number of nitrogens with zero attached hydrogens (tertiary/aromatic N) is 3. The van der Waals surface area contributed by atoms with Gasteiger partial charge in [-0.05, 0) is 38.0 Å². The van der Waals surface area contributed by atoms with Crippen molar-refractivity contribution in [3.8, 4) is 5.75 Å². The Balaban J connectivity index is 1.46. The van der Waals surface area contributed by atoms with Crippen LogP contribution in [0.15, 0.2) is 53.3 Å². The number of benzene rings is 2. The Bertz CT molecular complexity index is 1340. The highest BCUT2D eigenvalue weighted by Gasteiger charge is 2.15. The van der Waals surface area contributed by atoms with Gasteiger partial charge in [0.2, 0.25) is 11.9 Å². The fraction of sp³-hybridized carbons (Fsp3) is 0.250. The number of hydrogen-bond acceptors (Lipinski definition) is 6. The Morgan fingerprint density at radius 2 is 1.85 bits per heavy atom. The minimum absolute atomic E-state index is 0.133. The van der Waals surface area contributed by atoms with Crippen LogP contribution in [-0.4, -0.2) is 32.6 Å². The number of amides is 1. The molecule has 2 aromatic heterocycles. The number of hydrogen-bond donors (Lipinski definition) is 3. The van der Waals surface area contributed by atoms with Gasteiger partial charge in [0.25, 0.3) is 11.3 Å². The van der Waals surface area contributed by atoms with E-state index in [2.05, 4.69) is 25.7 Å². The number of aryl methyl sites for hydroxylation is 2. The Morgan fingerprint density at radius 3 is 2.61 bits per heavy atom. The van der Waals surface area contributed by atoms with E-state index >= 15 is 0 Å². The molecular weight excluding hydrogens is 420 g/mol. The van der Waals surface area contributed by atoms with Gasteiger partial charge in [-0.25, -0.2) is 4.98 Å². The smallest absolute Gasteiger partial charge is 0.277 e. The first-order chi connectivity index (χ1) is 15.9. The number of aromatic amines is 1. The average molecular weight is 447 g/mol. The number of rotatable bonds is 8. The van der Waals surface area contributed by atoms with Crippen molar-refractivity contribution in [2.24, 2.45) is 0 Å². The van der Waals surface area contributed by atoms with E-state index in [9.17, 15) is 9.59 Å². The molecule has 0 saturated carbocycles. The monoisotopic (exact) mass is 446 g/mol. The Kier molecular flexibility index (Phi) is 6.39. The lowest BCUT2D eigenvalue weighted by molar-refractivity contribution is -0.116. The number of aromatic nitrogens is 4. The largest absolute Gasteiger partial charge is 0.495 e. The standard InChI is InChI=1S/C24H26N6O3/c1-15-8-10-17(11-9-15)14-25-23-28-24-26-16(2)18(22(32)30(24)29-23)12-13-21(31)27-19-6-4-5-7-20(19)33-3/h4-11H,12-14H2,1-3H3,(H,27,31)(H2,25,26,28,29). The van der Waals surface area contributed by atoms with E-state index in [4.69, 9.17) is 4.74 Å². The van der Waals surface area contributed by atoms with Crippen molar-refractivity contribution in [3.63, 3.8) is 0 Å². The van der Waals surface area contributed by atoms with Crippen LogP contribution in [0.2, 0.25) is 0 Å². The van der Waals surface area contributed by atoms with Gasteiger partial charge in [0.05, 0.1) is 18.5 Å². The van der Waals surface area contributed by atoms with E-state index in [1.165, 1.54) is 10.1 Å². The molecule has 0 spiro atoms. The van der Waals surface area contributed by atoms with E-state index < -0.39 is 0 Å². The van der Waals surface area contributed by atoms with Crippen LogP contribution in [0.4, 0.5) is 11.6 Å². The van der Waals surface area contributed by atoms with Crippen molar-refractivity contribution in [2.75, 3.05) is 17.7 Å². The van der Waals surface area contributed by atoms with Crippen molar-refractivity contribution in [1.82, 2.24) is 19.6 Å². The van der Waals surface area contributed by atoms with Crippen LogP contribution in [0.1, 0.15) is 28.8 Å². The summed E-state index contributed by atoms with van der Waals surface area (Å²) in [5, 5.41) is 8.96. The van der Waals surface area contributed by atoms with Gasteiger partial charge in [-0.15, -0.1) is 0 Å². The minimum atomic E-state index is -0.265. The van der Waals surface area contributed by atoms with E-state index in [0.717, 1.165) is 5.56 Å². The number of nitrogens with one attached hydrogen (secondary N) is 3. The molecule has 0 saturated heterocycles. The summed E-state index contributed by atoms with van der Waals surface area (Å²) in [5.41, 5.74) is 3.64. The Hall–Kier alpha value is -4.14. The minimum Gasteiger partial charge on any atom is -0.495 e. The molecule has 0 radical (unpaired) electrons. The molecule has 33 heavy (non-hydrogen) atoms. The number of carbonyl (C=O) groups is 1. The number of H-pyrrole nitrogens is 1. The maximum atomic E-state index is 13.0. The number of anilines is 2. The maximum absolute atomic E-state index is 13.0. The summed E-state index contributed by atoms with van der Waals surface area (Å²) in [4.78, 5) is 34.3. The number of ether oxygens (including phenoxy) is 1. The van der Waals surface area contributed by atoms with Gasteiger partial charge in [0, 0.05) is 18.5 Å². The molecule has 0 bridgehead atoms. The molecule has 0 aliphatic carbocycles. The topological polar surface area (TPSA) is 113 Å².